The van der Waals surface area contributed by atoms with Crippen LogP contribution in [0.25, 0.3) is 0 Å². The van der Waals surface area contributed by atoms with Gasteiger partial charge in [0.2, 0.25) is 0 Å². The van der Waals surface area contributed by atoms with E-state index in [1.54, 1.807) is 6.92 Å². The maximum Gasteiger partial charge on any atom is 0.396 e. The first-order chi connectivity index (χ1) is 10.0. The molecule has 0 spiro atoms. The second-order valence-corrected chi connectivity index (χ2v) is 4.78. The van der Waals surface area contributed by atoms with Gasteiger partial charge in [-0.05, 0) is 18.7 Å². The first-order valence-corrected chi connectivity index (χ1v) is 6.69. The van der Waals surface area contributed by atoms with Crippen LogP contribution in [0, 0.1) is 10.1 Å². The molecule has 2 aromatic rings. The summed E-state index contributed by atoms with van der Waals surface area (Å²) in [6.07, 6.45) is 1.05. The van der Waals surface area contributed by atoms with Crippen LogP contribution in [0.3, 0.4) is 0 Å². The van der Waals surface area contributed by atoms with Crippen molar-refractivity contribution in [1.82, 2.24) is 15.2 Å². The number of rotatable bonds is 5. The Morgan fingerprint density at radius 2 is 2.33 bits per heavy atom. The van der Waals surface area contributed by atoms with Crippen molar-refractivity contribution in [2.75, 3.05) is 6.61 Å². The van der Waals surface area contributed by atoms with Crippen LogP contribution < -0.4 is 0 Å². The Bertz CT molecular complexity index is 692. The molecular formula is C10H7ClN4O5S. The van der Waals surface area contributed by atoms with Gasteiger partial charge in [-0.1, -0.05) is 16.7 Å². The highest BCUT2D eigenvalue weighted by Crippen LogP contribution is 2.32. The summed E-state index contributed by atoms with van der Waals surface area (Å²) in [7, 11) is 0. The predicted molar refractivity (Wildman–Crippen MR) is 70.3 cm³/mol. The number of halogens is 1. The normalized spacial score (nSPS) is 10.4. The SMILES string of the molecule is CCOC(=O)c1nnc(Sc2ncc([N+](=O)[O-])cc2Cl)o1. The third-order valence-electron chi connectivity index (χ3n) is 2.04. The summed E-state index contributed by atoms with van der Waals surface area (Å²) in [4.78, 5) is 25.1. The van der Waals surface area contributed by atoms with E-state index in [9.17, 15) is 14.9 Å². The van der Waals surface area contributed by atoms with Gasteiger partial charge in [-0.3, -0.25) is 10.1 Å². The third kappa shape index (κ3) is 3.67. The molecule has 0 aliphatic carbocycles. The monoisotopic (exact) mass is 330 g/mol. The van der Waals surface area contributed by atoms with Gasteiger partial charge in [-0.2, -0.15) is 0 Å². The van der Waals surface area contributed by atoms with Gasteiger partial charge in [0.15, 0.2) is 0 Å². The number of nitrogens with zero attached hydrogens (tertiary/aromatic N) is 4. The van der Waals surface area contributed by atoms with E-state index in [1.807, 2.05) is 0 Å². The molecule has 9 nitrogen and oxygen atoms in total. The van der Waals surface area contributed by atoms with Crippen LogP contribution in [0.15, 0.2) is 26.9 Å². The Kier molecular flexibility index (Phi) is 4.70. The number of nitro groups is 1. The van der Waals surface area contributed by atoms with Crippen LogP contribution >= 0.6 is 23.4 Å². The standard InChI is InChI=1S/C10H7ClN4O5S/c1-2-19-9(16)7-13-14-10(20-7)21-8-6(11)3-5(4-12-8)15(17)18/h3-4H,2H2,1H3. The highest BCUT2D eigenvalue weighted by atomic mass is 35.5. The Morgan fingerprint density at radius 1 is 1.57 bits per heavy atom. The molecule has 11 heteroatoms. The van der Waals surface area contributed by atoms with E-state index in [0.29, 0.717) is 0 Å². The van der Waals surface area contributed by atoms with Crippen molar-refractivity contribution < 1.29 is 18.9 Å². The van der Waals surface area contributed by atoms with E-state index in [1.165, 1.54) is 0 Å². The number of carbonyl (C=O) groups is 1. The average molecular weight is 331 g/mol. The van der Waals surface area contributed by atoms with Crippen LogP contribution in [0.2, 0.25) is 5.02 Å². The summed E-state index contributed by atoms with van der Waals surface area (Å²) in [5.41, 5.74) is -0.234. The number of hydrogen-bond acceptors (Lipinski definition) is 9. The molecule has 2 aromatic heterocycles. The fraction of sp³-hybridized carbons (Fsp3) is 0.200. The molecule has 110 valence electrons. The first kappa shape index (κ1) is 15.2. The lowest BCUT2D eigenvalue weighted by Crippen LogP contribution is -2.04. The fourth-order valence-electron chi connectivity index (χ4n) is 1.20. The predicted octanol–water partition coefficient (Wildman–Crippen LogP) is 2.35. The lowest BCUT2D eigenvalue weighted by Gasteiger charge is -1.99. The van der Waals surface area contributed by atoms with Gasteiger partial charge < -0.3 is 9.15 Å². The second-order valence-electron chi connectivity index (χ2n) is 3.43. The largest absolute Gasteiger partial charge is 0.459 e. The van der Waals surface area contributed by atoms with Crippen molar-refractivity contribution in [3.63, 3.8) is 0 Å². The molecule has 0 aliphatic heterocycles. The summed E-state index contributed by atoms with van der Waals surface area (Å²) in [6.45, 7) is 1.82. The van der Waals surface area contributed by atoms with Crippen LogP contribution in [0.4, 0.5) is 5.69 Å². The highest BCUT2D eigenvalue weighted by Gasteiger charge is 2.19. The van der Waals surface area contributed by atoms with Gasteiger partial charge in [-0.25, -0.2) is 9.78 Å². The molecule has 0 aliphatic rings. The van der Waals surface area contributed by atoms with Gasteiger partial charge >= 0.3 is 11.9 Å². The molecule has 0 saturated carbocycles. The molecule has 0 fully saturated rings. The molecule has 0 aromatic carbocycles. The molecule has 2 heterocycles. The molecule has 0 saturated heterocycles. The molecule has 0 bridgehead atoms. The van der Waals surface area contributed by atoms with Crippen molar-refractivity contribution in [3.05, 3.63) is 33.3 Å². The van der Waals surface area contributed by atoms with Gasteiger partial charge in [0.25, 0.3) is 10.9 Å². The topological polar surface area (TPSA) is 121 Å². The molecule has 0 atom stereocenters. The summed E-state index contributed by atoms with van der Waals surface area (Å²) in [6, 6.07) is 1.15. The van der Waals surface area contributed by atoms with Crippen LogP contribution in [-0.2, 0) is 4.74 Å². The molecular weight excluding hydrogens is 324 g/mol. The number of carbonyl (C=O) groups excluding carboxylic acids is 1. The van der Waals surface area contributed by atoms with Crippen molar-refractivity contribution in [2.45, 2.75) is 17.2 Å². The number of ether oxygens (including phenoxy) is 1. The Balaban J connectivity index is 2.15. The molecule has 0 N–H and O–H groups in total. The lowest BCUT2D eigenvalue weighted by molar-refractivity contribution is -0.385. The number of hydrogen-bond donors (Lipinski definition) is 0. The first-order valence-electron chi connectivity index (χ1n) is 5.49. The van der Waals surface area contributed by atoms with Crippen LogP contribution in [-0.4, -0.2) is 32.7 Å². The Hall–Kier alpha value is -2.20. The number of aromatic nitrogens is 3. The Labute approximate surface area is 126 Å². The van der Waals surface area contributed by atoms with Gasteiger partial charge in [0.05, 0.1) is 16.6 Å². The molecule has 0 unspecified atom stereocenters. The third-order valence-corrected chi connectivity index (χ3v) is 3.30. The summed E-state index contributed by atoms with van der Waals surface area (Å²) in [5.74, 6) is -1.03. The van der Waals surface area contributed by atoms with Gasteiger partial charge in [0.1, 0.15) is 11.2 Å². The summed E-state index contributed by atoms with van der Waals surface area (Å²) >= 11 is 6.75. The minimum atomic E-state index is -0.736. The minimum Gasteiger partial charge on any atom is -0.459 e. The molecule has 21 heavy (non-hydrogen) atoms. The highest BCUT2D eigenvalue weighted by molar-refractivity contribution is 7.99. The van der Waals surface area contributed by atoms with Crippen molar-refractivity contribution in [3.8, 4) is 0 Å². The van der Waals surface area contributed by atoms with E-state index >= 15 is 0 Å². The van der Waals surface area contributed by atoms with E-state index in [-0.39, 0.29) is 33.5 Å². The zero-order chi connectivity index (χ0) is 15.4. The average Bonchev–Trinajstić information content (AvgIpc) is 2.90. The lowest BCUT2D eigenvalue weighted by atomic mass is 10.4. The smallest absolute Gasteiger partial charge is 0.396 e. The van der Waals surface area contributed by atoms with Gasteiger partial charge in [-0.15, -0.1) is 5.10 Å². The zero-order valence-electron chi connectivity index (χ0n) is 10.5. The van der Waals surface area contributed by atoms with Crippen LogP contribution in [0.1, 0.15) is 17.6 Å². The van der Waals surface area contributed by atoms with Crippen molar-refractivity contribution in [1.29, 1.82) is 0 Å². The number of esters is 1. The quantitative estimate of drug-likeness (QED) is 0.461. The minimum absolute atomic E-state index is 0.0151. The molecule has 0 amide bonds. The summed E-state index contributed by atoms with van der Waals surface area (Å²) in [5, 5.41) is 18.0. The van der Waals surface area contributed by atoms with E-state index in [2.05, 4.69) is 15.2 Å². The maximum atomic E-state index is 11.4. The Morgan fingerprint density at radius 3 is 2.95 bits per heavy atom. The second kappa shape index (κ2) is 6.50. The van der Waals surface area contributed by atoms with Crippen molar-refractivity contribution >= 4 is 35.0 Å². The summed E-state index contributed by atoms with van der Waals surface area (Å²) < 4.78 is 9.76. The maximum absolute atomic E-state index is 11.4. The zero-order valence-corrected chi connectivity index (χ0v) is 12.1. The van der Waals surface area contributed by atoms with Crippen LogP contribution in [0.5, 0.6) is 0 Å². The fourth-order valence-corrected chi connectivity index (χ4v) is 2.11. The van der Waals surface area contributed by atoms with Gasteiger partial charge in [0, 0.05) is 6.07 Å². The molecule has 0 radical (unpaired) electrons. The van der Waals surface area contributed by atoms with E-state index < -0.39 is 10.9 Å². The number of pyridine rings is 1. The van der Waals surface area contributed by atoms with Crippen molar-refractivity contribution in [2.24, 2.45) is 0 Å². The molecule has 2 rings (SSSR count). The van der Waals surface area contributed by atoms with E-state index in [0.717, 1.165) is 24.0 Å². The van der Waals surface area contributed by atoms with E-state index in [4.69, 9.17) is 20.8 Å².